The van der Waals surface area contributed by atoms with Gasteiger partial charge >= 0.3 is 0 Å². The second-order valence-electron chi connectivity index (χ2n) is 5.95. The molecule has 0 radical (unpaired) electrons. The minimum Gasteiger partial charge on any atom is -0.399 e. The summed E-state index contributed by atoms with van der Waals surface area (Å²) in [6.07, 6.45) is 0. The van der Waals surface area contributed by atoms with E-state index < -0.39 is 5.41 Å². The molecule has 3 N–H and O–H groups in total. The molecule has 0 aliphatic carbocycles. The molecule has 0 saturated carbocycles. The van der Waals surface area contributed by atoms with Crippen molar-refractivity contribution in [1.82, 2.24) is 0 Å². The lowest BCUT2D eigenvalue weighted by molar-refractivity contribution is -0.120. The number of nitrogen functional groups attached to an aromatic ring is 1. The number of carbonyl (C=O) groups excluding carboxylic acids is 1. The van der Waals surface area contributed by atoms with Gasteiger partial charge in [-0.3, -0.25) is 4.79 Å². The van der Waals surface area contributed by atoms with Gasteiger partial charge in [-0.15, -0.1) is 0 Å². The Morgan fingerprint density at radius 3 is 2.29 bits per heavy atom. The van der Waals surface area contributed by atoms with E-state index in [0.29, 0.717) is 5.69 Å². The molecule has 0 unspecified atom stereocenters. The number of aryl methyl sites for hydroxylation is 1. The number of nitrogens with one attached hydrogen (secondary N) is 1. The summed E-state index contributed by atoms with van der Waals surface area (Å²) in [6, 6.07) is 13.4. The zero-order valence-electron chi connectivity index (χ0n) is 13.0. The highest BCUT2D eigenvalue weighted by atomic mass is 16.2. The Labute approximate surface area is 126 Å². The van der Waals surface area contributed by atoms with E-state index in [4.69, 9.17) is 5.73 Å². The van der Waals surface area contributed by atoms with Crippen LogP contribution in [0.3, 0.4) is 0 Å². The third-order valence-corrected chi connectivity index (χ3v) is 4.05. The van der Waals surface area contributed by atoms with Gasteiger partial charge in [-0.05, 0) is 62.6 Å². The summed E-state index contributed by atoms with van der Waals surface area (Å²) in [5.74, 6) is -0.0269. The van der Waals surface area contributed by atoms with Crippen LogP contribution in [0.5, 0.6) is 0 Å². The smallest absolute Gasteiger partial charge is 0.234 e. The standard InChI is InChI=1S/C18H22N2O/c1-12-6-5-7-16(13(12)2)20-17(21)18(3,4)14-8-10-15(19)11-9-14/h5-11H,19H2,1-4H3,(H,20,21). The highest BCUT2D eigenvalue weighted by Gasteiger charge is 2.30. The van der Waals surface area contributed by atoms with Crippen molar-refractivity contribution >= 4 is 17.3 Å². The van der Waals surface area contributed by atoms with Crippen molar-refractivity contribution in [3.8, 4) is 0 Å². The van der Waals surface area contributed by atoms with Gasteiger partial charge in [0.05, 0.1) is 5.41 Å². The Balaban J connectivity index is 2.26. The molecule has 0 aliphatic rings. The molecule has 0 spiro atoms. The van der Waals surface area contributed by atoms with Crippen molar-refractivity contribution in [3.63, 3.8) is 0 Å². The van der Waals surface area contributed by atoms with Crippen LogP contribution in [0, 0.1) is 13.8 Å². The largest absolute Gasteiger partial charge is 0.399 e. The summed E-state index contributed by atoms with van der Waals surface area (Å²) >= 11 is 0. The number of carbonyl (C=O) groups is 1. The zero-order chi connectivity index (χ0) is 15.6. The molecule has 0 atom stereocenters. The number of hydrogen-bond acceptors (Lipinski definition) is 2. The molecule has 2 aromatic rings. The third-order valence-electron chi connectivity index (χ3n) is 4.05. The van der Waals surface area contributed by atoms with Crippen molar-refractivity contribution in [2.45, 2.75) is 33.1 Å². The van der Waals surface area contributed by atoms with Crippen LogP contribution < -0.4 is 11.1 Å². The highest BCUT2D eigenvalue weighted by molar-refractivity contribution is 5.99. The molecule has 0 aromatic heterocycles. The Morgan fingerprint density at radius 2 is 1.67 bits per heavy atom. The number of hydrogen-bond donors (Lipinski definition) is 2. The van der Waals surface area contributed by atoms with E-state index in [9.17, 15) is 4.79 Å². The molecule has 0 bridgehead atoms. The average molecular weight is 282 g/mol. The molecular formula is C18H22N2O. The van der Waals surface area contributed by atoms with Crippen LogP contribution in [0.15, 0.2) is 42.5 Å². The summed E-state index contributed by atoms with van der Waals surface area (Å²) < 4.78 is 0. The molecule has 1 amide bonds. The Bertz CT molecular complexity index is 657. The van der Waals surface area contributed by atoms with Gasteiger partial charge in [-0.25, -0.2) is 0 Å². The van der Waals surface area contributed by atoms with Gasteiger partial charge in [0.1, 0.15) is 0 Å². The van der Waals surface area contributed by atoms with Gasteiger partial charge in [0.25, 0.3) is 0 Å². The third kappa shape index (κ3) is 3.07. The molecule has 0 heterocycles. The first-order valence-corrected chi connectivity index (χ1v) is 7.06. The van der Waals surface area contributed by atoms with Crippen molar-refractivity contribution in [2.24, 2.45) is 0 Å². The molecular weight excluding hydrogens is 260 g/mol. The highest BCUT2D eigenvalue weighted by Crippen LogP contribution is 2.27. The van der Waals surface area contributed by atoms with Crippen LogP contribution in [-0.2, 0) is 10.2 Å². The van der Waals surface area contributed by atoms with Crippen molar-refractivity contribution in [1.29, 1.82) is 0 Å². The Hall–Kier alpha value is -2.29. The average Bonchev–Trinajstić information content (AvgIpc) is 2.44. The molecule has 0 saturated heterocycles. The fraction of sp³-hybridized carbons (Fsp3) is 0.278. The number of benzene rings is 2. The first-order chi connectivity index (χ1) is 9.82. The van der Waals surface area contributed by atoms with Gasteiger partial charge in [-0.2, -0.15) is 0 Å². The quantitative estimate of drug-likeness (QED) is 0.841. The summed E-state index contributed by atoms with van der Waals surface area (Å²) in [6.45, 7) is 7.88. The first-order valence-electron chi connectivity index (χ1n) is 7.06. The number of rotatable bonds is 3. The lowest BCUT2D eigenvalue weighted by Crippen LogP contribution is -2.35. The van der Waals surface area contributed by atoms with Crippen LogP contribution in [0.1, 0.15) is 30.5 Å². The van der Waals surface area contributed by atoms with Gasteiger partial charge < -0.3 is 11.1 Å². The summed E-state index contributed by atoms with van der Waals surface area (Å²) in [4.78, 5) is 12.6. The lowest BCUT2D eigenvalue weighted by atomic mass is 9.83. The second kappa shape index (κ2) is 5.60. The predicted molar refractivity (Wildman–Crippen MR) is 88.4 cm³/mol. The number of amides is 1. The van der Waals surface area contributed by atoms with Gasteiger partial charge in [-0.1, -0.05) is 24.3 Å². The van der Waals surface area contributed by atoms with Crippen LogP contribution >= 0.6 is 0 Å². The van der Waals surface area contributed by atoms with Crippen molar-refractivity contribution in [2.75, 3.05) is 11.1 Å². The normalized spacial score (nSPS) is 11.2. The van der Waals surface area contributed by atoms with E-state index in [1.54, 1.807) is 0 Å². The molecule has 2 rings (SSSR count). The SMILES string of the molecule is Cc1cccc(NC(=O)C(C)(C)c2ccc(N)cc2)c1C. The summed E-state index contributed by atoms with van der Waals surface area (Å²) in [5.41, 5.74) is 9.85. The van der Waals surface area contributed by atoms with Gasteiger partial charge in [0.15, 0.2) is 0 Å². The molecule has 0 fully saturated rings. The molecule has 110 valence electrons. The Kier molecular flexibility index (Phi) is 4.03. The van der Waals surface area contributed by atoms with Crippen molar-refractivity contribution in [3.05, 3.63) is 59.2 Å². The van der Waals surface area contributed by atoms with Gasteiger partial charge in [0.2, 0.25) is 5.91 Å². The van der Waals surface area contributed by atoms with E-state index >= 15 is 0 Å². The second-order valence-corrected chi connectivity index (χ2v) is 5.95. The maximum atomic E-state index is 12.6. The Morgan fingerprint density at radius 1 is 1.05 bits per heavy atom. The number of anilines is 2. The predicted octanol–water partition coefficient (Wildman–Crippen LogP) is 3.80. The first kappa shape index (κ1) is 15.1. The van der Waals surface area contributed by atoms with Crippen LogP contribution in [-0.4, -0.2) is 5.91 Å². The topological polar surface area (TPSA) is 55.1 Å². The molecule has 0 aliphatic heterocycles. The summed E-state index contributed by atoms with van der Waals surface area (Å²) in [7, 11) is 0. The fourth-order valence-corrected chi connectivity index (χ4v) is 2.20. The van der Waals surface area contributed by atoms with Gasteiger partial charge in [0, 0.05) is 11.4 Å². The van der Waals surface area contributed by atoms with E-state index in [-0.39, 0.29) is 5.91 Å². The maximum Gasteiger partial charge on any atom is 0.234 e. The van der Waals surface area contributed by atoms with E-state index in [1.165, 1.54) is 0 Å². The van der Waals surface area contributed by atoms with Crippen LogP contribution in [0.2, 0.25) is 0 Å². The molecule has 3 nitrogen and oxygen atoms in total. The fourth-order valence-electron chi connectivity index (χ4n) is 2.20. The molecule has 21 heavy (non-hydrogen) atoms. The van der Waals surface area contributed by atoms with Crippen LogP contribution in [0.4, 0.5) is 11.4 Å². The van der Waals surface area contributed by atoms with E-state index in [1.807, 2.05) is 70.2 Å². The van der Waals surface area contributed by atoms with E-state index in [2.05, 4.69) is 5.32 Å². The van der Waals surface area contributed by atoms with Crippen LogP contribution in [0.25, 0.3) is 0 Å². The van der Waals surface area contributed by atoms with Crippen molar-refractivity contribution < 1.29 is 4.79 Å². The minimum atomic E-state index is -0.621. The van der Waals surface area contributed by atoms with E-state index in [0.717, 1.165) is 22.4 Å². The number of nitrogens with two attached hydrogens (primary N) is 1. The lowest BCUT2D eigenvalue weighted by Gasteiger charge is -2.25. The zero-order valence-corrected chi connectivity index (χ0v) is 13.0. The maximum absolute atomic E-state index is 12.6. The molecule has 2 aromatic carbocycles. The summed E-state index contributed by atoms with van der Waals surface area (Å²) in [5, 5.41) is 3.03. The minimum absolute atomic E-state index is 0.0269. The molecule has 3 heteroatoms. The monoisotopic (exact) mass is 282 g/mol.